The topological polar surface area (TPSA) is 140 Å². The Morgan fingerprint density at radius 1 is 1.00 bits per heavy atom. The number of hydrogen-bond donors (Lipinski definition) is 2. The number of pyridine rings is 1. The van der Waals surface area contributed by atoms with Crippen molar-refractivity contribution in [3.63, 3.8) is 0 Å². The molecule has 6 rings (SSSR count). The number of benzene rings is 1. The standard InChI is InChI=1S/C30H35N9O4/c1-3-43-30(41)37-14-10-24(11-15-37)39-28-25(18-32-39)27(38-16-17-42-19-20(38)2)35-26(36-28)21-4-6-22(7-5-21)33-29(40)34-23-8-12-31-13-9-23/h4-9,12-13,18,20,24H,3,10-11,14-17,19H2,1-2H3,(H2,31,33,34,40)/t20-/m1/s1. The zero-order chi connectivity index (χ0) is 29.8. The summed E-state index contributed by atoms with van der Waals surface area (Å²) >= 11 is 0. The Morgan fingerprint density at radius 2 is 1.72 bits per heavy atom. The number of piperidine rings is 1. The van der Waals surface area contributed by atoms with E-state index in [1.54, 1.807) is 29.4 Å². The molecule has 0 bridgehead atoms. The van der Waals surface area contributed by atoms with E-state index in [4.69, 9.17) is 24.5 Å². The van der Waals surface area contributed by atoms with Crippen molar-refractivity contribution >= 4 is 40.4 Å². The van der Waals surface area contributed by atoms with Gasteiger partial charge in [0.25, 0.3) is 0 Å². The van der Waals surface area contributed by atoms with E-state index >= 15 is 0 Å². The summed E-state index contributed by atoms with van der Waals surface area (Å²) in [5.74, 6) is 1.39. The lowest BCUT2D eigenvalue weighted by molar-refractivity contribution is 0.0919. The highest BCUT2D eigenvalue weighted by Crippen LogP contribution is 2.33. The number of likely N-dealkylation sites (tertiary alicyclic amines) is 1. The van der Waals surface area contributed by atoms with E-state index in [1.165, 1.54) is 0 Å². The molecule has 1 aromatic carbocycles. The molecule has 3 amide bonds. The van der Waals surface area contributed by atoms with Crippen LogP contribution in [0.15, 0.2) is 55.0 Å². The molecule has 2 fully saturated rings. The highest BCUT2D eigenvalue weighted by Gasteiger charge is 2.29. The third-order valence-electron chi connectivity index (χ3n) is 7.75. The molecule has 5 heterocycles. The zero-order valence-corrected chi connectivity index (χ0v) is 24.3. The van der Waals surface area contributed by atoms with Crippen LogP contribution in [0.25, 0.3) is 22.4 Å². The van der Waals surface area contributed by atoms with E-state index in [-0.39, 0.29) is 24.2 Å². The van der Waals surface area contributed by atoms with Gasteiger partial charge in [0.05, 0.1) is 43.5 Å². The molecular weight excluding hydrogens is 550 g/mol. The minimum absolute atomic E-state index is 0.0892. The Balaban J connectivity index is 1.28. The molecule has 1 atom stereocenters. The number of aromatic nitrogens is 5. The molecule has 0 saturated carbocycles. The molecule has 3 aromatic heterocycles. The van der Waals surface area contributed by atoms with Gasteiger partial charge in [0.15, 0.2) is 11.5 Å². The van der Waals surface area contributed by atoms with Gasteiger partial charge in [-0.3, -0.25) is 4.98 Å². The SMILES string of the molecule is CCOC(=O)N1CCC(n2ncc3c(N4CCOC[C@H]4C)nc(-c4ccc(NC(=O)Nc5ccncc5)cc4)nc32)CC1. The van der Waals surface area contributed by atoms with Crippen LogP contribution in [0.1, 0.15) is 32.7 Å². The van der Waals surface area contributed by atoms with Crippen molar-refractivity contribution in [2.75, 3.05) is 55.0 Å². The lowest BCUT2D eigenvalue weighted by Crippen LogP contribution is -2.44. The normalized spacial score (nSPS) is 17.6. The van der Waals surface area contributed by atoms with Crippen molar-refractivity contribution in [3.05, 3.63) is 55.0 Å². The number of fused-ring (bicyclic) bond motifs is 1. The molecule has 4 aromatic rings. The average Bonchev–Trinajstić information content (AvgIpc) is 3.46. The van der Waals surface area contributed by atoms with Crippen LogP contribution in [0, 0.1) is 0 Å². The summed E-state index contributed by atoms with van der Waals surface area (Å²) < 4.78 is 12.9. The molecule has 2 aliphatic heterocycles. The summed E-state index contributed by atoms with van der Waals surface area (Å²) in [7, 11) is 0. The highest BCUT2D eigenvalue weighted by atomic mass is 16.6. The molecule has 2 saturated heterocycles. The van der Waals surface area contributed by atoms with Gasteiger partial charge < -0.3 is 29.9 Å². The van der Waals surface area contributed by atoms with Gasteiger partial charge in [-0.2, -0.15) is 5.10 Å². The molecule has 13 heteroatoms. The number of carbonyl (C=O) groups is 2. The lowest BCUT2D eigenvalue weighted by Gasteiger charge is -2.34. The number of hydrogen-bond acceptors (Lipinski definition) is 9. The Labute approximate surface area is 249 Å². The van der Waals surface area contributed by atoms with Gasteiger partial charge in [0, 0.05) is 49.0 Å². The number of urea groups is 1. The van der Waals surface area contributed by atoms with Crippen molar-refractivity contribution in [2.45, 2.75) is 38.8 Å². The number of nitrogens with zero attached hydrogens (tertiary/aromatic N) is 7. The van der Waals surface area contributed by atoms with Gasteiger partial charge in [-0.15, -0.1) is 0 Å². The van der Waals surface area contributed by atoms with Gasteiger partial charge in [-0.05, 0) is 63.1 Å². The maximum Gasteiger partial charge on any atom is 0.409 e. The number of anilines is 3. The van der Waals surface area contributed by atoms with Crippen LogP contribution in [0.4, 0.5) is 26.8 Å². The molecule has 2 N–H and O–H groups in total. The summed E-state index contributed by atoms with van der Waals surface area (Å²) in [4.78, 5) is 42.7. The number of morpholine rings is 1. The number of nitrogens with one attached hydrogen (secondary N) is 2. The molecular formula is C30H35N9O4. The molecule has 0 aliphatic carbocycles. The molecule has 0 spiro atoms. The van der Waals surface area contributed by atoms with Crippen molar-refractivity contribution in [3.8, 4) is 11.4 Å². The fourth-order valence-corrected chi connectivity index (χ4v) is 5.51. The molecule has 43 heavy (non-hydrogen) atoms. The Hall–Kier alpha value is -4.78. The van der Waals surface area contributed by atoms with Crippen molar-refractivity contribution < 1.29 is 19.1 Å². The van der Waals surface area contributed by atoms with Crippen molar-refractivity contribution in [1.82, 2.24) is 29.6 Å². The average molecular weight is 586 g/mol. The first-order chi connectivity index (χ1) is 21.0. The molecule has 224 valence electrons. The van der Waals surface area contributed by atoms with Crippen LogP contribution < -0.4 is 15.5 Å². The fourth-order valence-electron chi connectivity index (χ4n) is 5.51. The van der Waals surface area contributed by atoms with Crippen LogP contribution in [-0.2, 0) is 9.47 Å². The zero-order valence-electron chi connectivity index (χ0n) is 24.3. The molecule has 13 nitrogen and oxygen atoms in total. The third kappa shape index (κ3) is 6.21. The molecule has 0 unspecified atom stereocenters. The first kappa shape index (κ1) is 28.3. The second-order valence-corrected chi connectivity index (χ2v) is 10.6. The largest absolute Gasteiger partial charge is 0.450 e. The second-order valence-electron chi connectivity index (χ2n) is 10.6. The monoisotopic (exact) mass is 585 g/mol. The quantitative estimate of drug-likeness (QED) is 0.333. The van der Waals surface area contributed by atoms with Gasteiger partial charge in [0.1, 0.15) is 5.82 Å². The Bertz CT molecular complexity index is 1570. The molecule has 0 radical (unpaired) electrons. The lowest BCUT2D eigenvalue weighted by atomic mass is 10.1. The van der Waals surface area contributed by atoms with Gasteiger partial charge in [-0.1, -0.05) is 0 Å². The Kier molecular flexibility index (Phi) is 8.31. The fraction of sp³-hybridized carbons (Fsp3) is 0.400. The maximum atomic E-state index is 12.5. The van der Waals surface area contributed by atoms with Crippen LogP contribution in [0.2, 0.25) is 0 Å². The predicted molar refractivity (Wildman–Crippen MR) is 162 cm³/mol. The van der Waals surface area contributed by atoms with Crippen LogP contribution in [0.5, 0.6) is 0 Å². The minimum Gasteiger partial charge on any atom is -0.450 e. The predicted octanol–water partition coefficient (Wildman–Crippen LogP) is 4.55. The summed E-state index contributed by atoms with van der Waals surface area (Å²) in [6.07, 6.45) is 6.31. The van der Waals surface area contributed by atoms with E-state index in [0.717, 1.165) is 35.3 Å². The van der Waals surface area contributed by atoms with Crippen LogP contribution in [0.3, 0.4) is 0 Å². The number of amides is 3. The van der Waals surface area contributed by atoms with Crippen LogP contribution in [-0.4, -0.2) is 87.3 Å². The van der Waals surface area contributed by atoms with Crippen molar-refractivity contribution in [1.29, 1.82) is 0 Å². The van der Waals surface area contributed by atoms with Crippen molar-refractivity contribution in [2.24, 2.45) is 0 Å². The highest BCUT2D eigenvalue weighted by molar-refractivity contribution is 5.99. The van der Waals surface area contributed by atoms with Gasteiger partial charge in [0.2, 0.25) is 0 Å². The first-order valence-electron chi connectivity index (χ1n) is 14.6. The first-order valence-corrected chi connectivity index (χ1v) is 14.6. The summed E-state index contributed by atoms with van der Waals surface area (Å²) in [5.41, 5.74) is 2.86. The van der Waals surface area contributed by atoms with Crippen LogP contribution >= 0.6 is 0 Å². The van der Waals surface area contributed by atoms with E-state index < -0.39 is 0 Å². The minimum atomic E-state index is -0.349. The maximum absolute atomic E-state index is 12.5. The van der Waals surface area contributed by atoms with E-state index in [0.29, 0.717) is 56.7 Å². The number of ether oxygens (including phenoxy) is 2. The summed E-state index contributed by atoms with van der Waals surface area (Å²) in [6, 6.07) is 10.8. The number of carbonyl (C=O) groups excluding carboxylic acids is 2. The summed E-state index contributed by atoms with van der Waals surface area (Å²) in [6.45, 7) is 7.44. The van der Waals surface area contributed by atoms with E-state index in [1.807, 2.05) is 42.1 Å². The summed E-state index contributed by atoms with van der Waals surface area (Å²) in [5, 5.41) is 11.3. The second kappa shape index (κ2) is 12.6. The Morgan fingerprint density at radius 3 is 2.42 bits per heavy atom. The van der Waals surface area contributed by atoms with Gasteiger partial charge >= 0.3 is 12.1 Å². The number of rotatable bonds is 6. The smallest absolute Gasteiger partial charge is 0.409 e. The van der Waals surface area contributed by atoms with Gasteiger partial charge in [-0.25, -0.2) is 24.2 Å². The van der Waals surface area contributed by atoms with E-state index in [2.05, 4.69) is 27.4 Å². The third-order valence-corrected chi connectivity index (χ3v) is 7.75. The van der Waals surface area contributed by atoms with E-state index in [9.17, 15) is 9.59 Å². The molecule has 2 aliphatic rings.